The molecule has 0 bridgehead atoms. The van der Waals surface area contributed by atoms with Gasteiger partial charge >= 0.3 is 34.1 Å². The van der Waals surface area contributed by atoms with Crippen LogP contribution in [0.4, 0.5) is 0 Å². The molecule has 59 heavy (non-hydrogen) atoms. The van der Waals surface area contributed by atoms with Gasteiger partial charge in [-0.05, 0) is 65.3 Å². The van der Waals surface area contributed by atoms with E-state index < -0.39 is 0 Å². The fourth-order valence-electron chi connectivity index (χ4n) is 6.49. The van der Waals surface area contributed by atoms with Gasteiger partial charge in [-0.3, -0.25) is 20.0 Å². The van der Waals surface area contributed by atoms with Crippen molar-refractivity contribution >= 4 is 67.9 Å². The van der Waals surface area contributed by atoms with Gasteiger partial charge in [-0.2, -0.15) is 0 Å². The molecular weight excluding hydrogens is 824 g/mol. The van der Waals surface area contributed by atoms with Crippen molar-refractivity contribution in [3.05, 3.63) is 168 Å². The summed E-state index contributed by atoms with van der Waals surface area (Å²) < 4.78 is 0. The molecule has 11 heteroatoms. The topological polar surface area (TPSA) is 170 Å². The Morgan fingerprint density at radius 2 is 0.508 bits per heavy atom. The molecule has 0 amide bonds. The van der Waals surface area contributed by atoms with Gasteiger partial charge in [0.15, 0.2) is 0 Å². The normalized spacial score (nSPS) is 11.3. The van der Waals surface area contributed by atoms with Gasteiger partial charge < -0.3 is 25.9 Å². The van der Waals surface area contributed by atoms with Crippen molar-refractivity contribution in [3.8, 4) is 23.0 Å². The number of benzene rings is 8. The molecule has 2 radical (unpaired) electrons. The van der Waals surface area contributed by atoms with Crippen LogP contribution >= 0.6 is 0 Å². The van der Waals surface area contributed by atoms with E-state index in [0.717, 1.165) is 43.1 Å². The molecule has 8 aromatic rings. The number of fused-ring (bicyclic) bond motifs is 4. The zero-order chi connectivity index (χ0) is 38.7. The van der Waals surface area contributed by atoms with E-state index >= 15 is 0 Å². The van der Waals surface area contributed by atoms with E-state index in [1.807, 2.05) is 121 Å². The molecule has 0 aliphatic rings. The molecular formula is C48H36Fe2N4O5. The van der Waals surface area contributed by atoms with Gasteiger partial charge in [-0.15, -0.1) is 0 Å². The van der Waals surface area contributed by atoms with E-state index in [2.05, 4.69) is 20.0 Å². The summed E-state index contributed by atoms with van der Waals surface area (Å²) >= 11 is 0. The van der Waals surface area contributed by atoms with E-state index in [0.29, 0.717) is 48.4 Å². The minimum atomic E-state index is -0.0438. The summed E-state index contributed by atoms with van der Waals surface area (Å²) in [5.74, 6) is -0.175. The molecule has 0 unspecified atom stereocenters. The maximum atomic E-state index is 12.1. The van der Waals surface area contributed by atoms with Crippen LogP contribution in [0.25, 0.3) is 43.1 Å². The standard InChI is InChI=1S/2C24H20N2O2.2Fe.O/c2*27-23-11-9-17-5-1-3-7-19(17)21(23)15-25-13-14-26-16-22-20-8-4-2-6-18(20)10-12-24(22)28;;;/h2*1-12,15-16,27-28H,13-14H2;;;/q;;2*+3;-2/p-4. The van der Waals surface area contributed by atoms with Gasteiger partial charge in [0, 0.05) is 24.9 Å². The maximum Gasteiger partial charge on any atom is 3.00 e. The van der Waals surface area contributed by atoms with Crippen molar-refractivity contribution in [2.24, 2.45) is 20.0 Å². The van der Waals surface area contributed by atoms with E-state index in [-0.39, 0.29) is 62.6 Å². The molecule has 8 rings (SSSR count). The van der Waals surface area contributed by atoms with Crippen LogP contribution in [0, 0.1) is 0 Å². The molecule has 0 aromatic heterocycles. The average Bonchev–Trinajstić information content (AvgIpc) is 3.23. The molecule has 0 aliphatic carbocycles. The third-order valence-electron chi connectivity index (χ3n) is 9.32. The third-order valence-corrected chi connectivity index (χ3v) is 9.32. The first-order valence-corrected chi connectivity index (χ1v) is 18.2. The van der Waals surface area contributed by atoms with Crippen molar-refractivity contribution in [2.75, 3.05) is 26.2 Å². The predicted molar refractivity (Wildman–Crippen MR) is 224 cm³/mol. The van der Waals surface area contributed by atoms with Crippen LogP contribution in [0.15, 0.2) is 166 Å². The van der Waals surface area contributed by atoms with E-state index in [9.17, 15) is 20.4 Å². The first-order valence-electron chi connectivity index (χ1n) is 18.2. The van der Waals surface area contributed by atoms with Crippen molar-refractivity contribution in [3.63, 3.8) is 0 Å². The average molecular weight is 861 g/mol. The molecule has 0 spiro atoms. The van der Waals surface area contributed by atoms with Crippen molar-refractivity contribution < 1.29 is 60.0 Å². The molecule has 0 fully saturated rings. The summed E-state index contributed by atoms with van der Waals surface area (Å²) in [6, 6.07) is 44.6. The monoisotopic (exact) mass is 860 g/mol. The van der Waals surface area contributed by atoms with Crippen LogP contribution < -0.4 is 20.4 Å². The summed E-state index contributed by atoms with van der Waals surface area (Å²) in [7, 11) is 0. The van der Waals surface area contributed by atoms with Gasteiger partial charge in [0.25, 0.3) is 0 Å². The van der Waals surface area contributed by atoms with Gasteiger partial charge in [0.2, 0.25) is 0 Å². The van der Waals surface area contributed by atoms with Gasteiger partial charge in [0.1, 0.15) is 0 Å². The summed E-state index contributed by atoms with van der Waals surface area (Å²) in [5, 5.41) is 56.2. The number of aliphatic imine (C=N–C) groups is 4. The number of nitrogens with zero attached hydrogens (tertiary/aromatic N) is 4. The Morgan fingerprint density at radius 1 is 0.305 bits per heavy atom. The minimum absolute atomic E-state index is 0. The molecule has 0 aliphatic heterocycles. The Bertz CT molecular complexity index is 2410. The second-order valence-electron chi connectivity index (χ2n) is 12.9. The van der Waals surface area contributed by atoms with Crippen LogP contribution in [0.1, 0.15) is 22.3 Å². The molecule has 0 N–H and O–H groups in total. The fraction of sp³-hybridized carbons (Fsp3) is 0.0833. The Kier molecular flexibility index (Phi) is 16.9. The molecule has 9 nitrogen and oxygen atoms in total. The Labute approximate surface area is 363 Å². The van der Waals surface area contributed by atoms with Gasteiger partial charge in [-0.1, -0.05) is 169 Å². The van der Waals surface area contributed by atoms with Crippen molar-refractivity contribution in [1.29, 1.82) is 0 Å². The Hall–Kier alpha value is -6.32. The Morgan fingerprint density at radius 3 is 0.729 bits per heavy atom. The van der Waals surface area contributed by atoms with E-state index in [4.69, 9.17) is 0 Å². The molecule has 0 saturated heterocycles. The number of hydrogen-bond donors (Lipinski definition) is 0. The van der Waals surface area contributed by atoms with Crippen LogP contribution in [0.5, 0.6) is 23.0 Å². The molecule has 0 heterocycles. The van der Waals surface area contributed by atoms with Crippen molar-refractivity contribution in [2.45, 2.75) is 0 Å². The smallest absolute Gasteiger partial charge is 2.00 e. The third kappa shape index (κ3) is 11.0. The zero-order valence-electron chi connectivity index (χ0n) is 31.5. The molecule has 0 saturated carbocycles. The zero-order valence-corrected chi connectivity index (χ0v) is 33.7. The van der Waals surface area contributed by atoms with Crippen LogP contribution in [-0.4, -0.2) is 51.0 Å². The second kappa shape index (κ2) is 22.0. The van der Waals surface area contributed by atoms with Gasteiger partial charge in [-0.25, -0.2) is 0 Å². The summed E-state index contributed by atoms with van der Waals surface area (Å²) in [6.45, 7) is 1.77. The van der Waals surface area contributed by atoms with Crippen LogP contribution in [-0.2, 0) is 39.6 Å². The maximum absolute atomic E-state index is 12.1. The first kappa shape index (κ1) is 45.4. The SMILES string of the molecule is [Fe+3].[Fe+3].[O-2].[O-]c1ccc2ccccc2c1C=NCCN=Cc1c([O-])ccc2ccccc12.[O-]c1ccc2ccccc2c1C=NCCN=Cc1c([O-])ccc2ccccc12. The molecule has 0 atom stereocenters. The van der Waals surface area contributed by atoms with Crippen LogP contribution in [0.3, 0.4) is 0 Å². The fourth-order valence-corrected chi connectivity index (χ4v) is 6.49. The Balaban J connectivity index is 0.000000248. The molecule has 8 aromatic carbocycles. The number of rotatable bonds is 10. The minimum Gasteiger partial charge on any atom is -2.00 e. The summed E-state index contributed by atoms with van der Waals surface area (Å²) in [4.78, 5) is 17.4. The van der Waals surface area contributed by atoms with Crippen LogP contribution in [0.2, 0.25) is 0 Å². The van der Waals surface area contributed by atoms with Crippen molar-refractivity contribution in [1.82, 2.24) is 0 Å². The van der Waals surface area contributed by atoms with Gasteiger partial charge in [0.05, 0.1) is 26.2 Å². The quantitative estimate of drug-likeness (QED) is 0.0804. The summed E-state index contributed by atoms with van der Waals surface area (Å²) in [6.07, 6.45) is 6.49. The first-order chi connectivity index (χ1) is 27.5. The molecule has 294 valence electrons. The number of hydrogen-bond acceptors (Lipinski definition) is 8. The largest absolute Gasteiger partial charge is 3.00 e. The predicted octanol–water partition coefficient (Wildman–Crippen LogP) is 7.23. The summed E-state index contributed by atoms with van der Waals surface area (Å²) in [5.41, 5.74) is 2.38. The second-order valence-corrected chi connectivity index (χ2v) is 12.9. The van der Waals surface area contributed by atoms with E-state index in [1.54, 1.807) is 49.1 Å². The van der Waals surface area contributed by atoms with E-state index in [1.165, 1.54) is 0 Å².